The van der Waals surface area contributed by atoms with Crippen LogP contribution in [0.25, 0.3) is 0 Å². The van der Waals surface area contributed by atoms with Crippen molar-refractivity contribution in [2.75, 3.05) is 17.7 Å². The Bertz CT molecular complexity index is 390. The number of ether oxygens (including phenoxy) is 1. The molecule has 1 aromatic rings. The number of hydrogen-bond donors (Lipinski definition) is 1. The molecular weight excluding hydrogens is 180 g/mol. The van der Waals surface area contributed by atoms with Crippen LogP contribution in [0.4, 0.5) is 11.4 Å². The van der Waals surface area contributed by atoms with Crippen molar-refractivity contribution in [3.05, 3.63) is 18.2 Å². The molecule has 1 heterocycles. The predicted molar refractivity (Wildman–Crippen MR) is 54.4 cm³/mol. The molecule has 0 saturated heterocycles. The van der Waals surface area contributed by atoms with Crippen molar-refractivity contribution in [1.82, 2.24) is 0 Å². The van der Waals surface area contributed by atoms with Gasteiger partial charge in [-0.25, -0.2) is 0 Å². The van der Waals surface area contributed by atoms with E-state index in [0.717, 1.165) is 5.69 Å². The number of para-hydroxylation sites is 1. The summed E-state index contributed by atoms with van der Waals surface area (Å²) in [6.45, 7) is 1.72. The van der Waals surface area contributed by atoms with Crippen LogP contribution in [0.3, 0.4) is 0 Å². The molecule has 0 aromatic heterocycles. The van der Waals surface area contributed by atoms with E-state index in [1.54, 1.807) is 31.0 Å². The fourth-order valence-corrected chi connectivity index (χ4v) is 1.55. The molecule has 2 rings (SSSR count). The number of carbonyl (C=O) groups excluding carboxylic acids is 1. The zero-order valence-corrected chi connectivity index (χ0v) is 8.15. The average Bonchev–Trinajstić information content (AvgIpc) is 2.17. The van der Waals surface area contributed by atoms with Gasteiger partial charge in [0.1, 0.15) is 0 Å². The SMILES string of the molecule is CC1Oc2c(N)cccc2N(C)C1=O. The molecule has 0 aliphatic carbocycles. The van der Waals surface area contributed by atoms with Crippen LogP contribution in [-0.2, 0) is 4.79 Å². The molecular formula is C10H12N2O2. The summed E-state index contributed by atoms with van der Waals surface area (Å²) in [4.78, 5) is 13.1. The van der Waals surface area contributed by atoms with E-state index in [-0.39, 0.29) is 5.91 Å². The van der Waals surface area contributed by atoms with Crippen LogP contribution in [0, 0.1) is 0 Å². The fraction of sp³-hybridized carbons (Fsp3) is 0.300. The van der Waals surface area contributed by atoms with Gasteiger partial charge < -0.3 is 15.4 Å². The van der Waals surface area contributed by atoms with Crippen molar-refractivity contribution in [3.8, 4) is 5.75 Å². The Labute approximate surface area is 82.3 Å². The Hall–Kier alpha value is -1.71. The van der Waals surface area contributed by atoms with Gasteiger partial charge in [-0.15, -0.1) is 0 Å². The van der Waals surface area contributed by atoms with E-state index in [1.807, 2.05) is 6.07 Å². The van der Waals surface area contributed by atoms with Gasteiger partial charge in [0.2, 0.25) is 0 Å². The van der Waals surface area contributed by atoms with E-state index >= 15 is 0 Å². The Morgan fingerprint density at radius 3 is 2.93 bits per heavy atom. The summed E-state index contributed by atoms with van der Waals surface area (Å²) < 4.78 is 5.43. The van der Waals surface area contributed by atoms with Gasteiger partial charge in [-0.05, 0) is 19.1 Å². The Morgan fingerprint density at radius 1 is 1.50 bits per heavy atom. The number of nitrogen functional groups attached to an aromatic ring is 1. The number of nitrogens with zero attached hydrogens (tertiary/aromatic N) is 1. The lowest BCUT2D eigenvalue weighted by molar-refractivity contribution is -0.125. The third-order valence-corrected chi connectivity index (χ3v) is 2.36. The minimum Gasteiger partial charge on any atom is -0.477 e. The number of likely N-dealkylation sites (N-methyl/N-ethyl adjacent to an activating group) is 1. The van der Waals surface area contributed by atoms with Crippen molar-refractivity contribution < 1.29 is 9.53 Å². The second-order valence-electron chi connectivity index (χ2n) is 3.35. The van der Waals surface area contributed by atoms with Gasteiger partial charge in [0.05, 0.1) is 11.4 Å². The Balaban J connectivity index is 2.56. The number of amides is 1. The lowest BCUT2D eigenvalue weighted by atomic mass is 10.2. The monoisotopic (exact) mass is 192 g/mol. The molecule has 1 aromatic carbocycles. The van der Waals surface area contributed by atoms with Gasteiger partial charge in [-0.2, -0.15) is 0 Å². The predicted octanol–water partition coefficient (Wildman–Crippen LogP) is 1.01. The molecule has 0 spiro atoms. The van der Waals surface area contributed by atoms with Gasteiger partial charge in [-0.1, -0.05) is 6.07 Å². The summed E-state index contributed by atoms with van der Waals surface area (Å²) in [5, 5.41) is 0. The van der Waals surface area contributed by atoms with Crippen LogP contribution in [0.1, 0.15) is 6.92 Å². The third kappa shape index (κ3) is 1.11. The topological polar surface area (TPSA) is 55.6 Å². The van der Waals surface area contributed by atoms with Gasteiger partial charge in [0.25, 0.3) is 5.91 Å². The van der Waals surface area contributed by atoms with Crippen molar-refractivity contribution in [3.63, 3.8) is 0 Å². The minimum absolute atomic E-state index is 0.0527. The van der Waals surface area contributed by atoms with Crippen LogP contribution >= 0.6 is 0 Å². The highest BCUT2D eigenvalue weighted by Crippen LogP contribution is 2.37. The summed E-state index contributed by atoms with van der Waals surface area (Å²) in [6, 6.07) is 5.38. The molecule has 74 valence electrons. The maximum absolute atomic E-state index is 11.6. The Morgan fingerprint density at radius 2 is 2.21 bits per heavy atom. The molecule has 1 unspecified atom stereocenters. The summed E-state index contributed by atoms with van der Waals surface area (Å²) >= 11 is 0. The first-order valence-electron chi connectivity index (χ1n) is 4.44. The summed E-state index contributed by atoms with van der Waals surface area (Å²) in [5.41, 5.74) is 7.04. The molecule has 1 amide bonds. The number of benzene rings is 1. The quantitative estimate of drug-likeness (QED) is 0.624. The highest BCUT2D eigenvalue weighted by atomic mass is 16.5. The first-order chi connectivity index (χ1) is 6.61. The molecule has 0 saturated carbocycles. The van der Waals surface area contributed by atoms with Gasteiger partial charge in [0.15, 0.2) is 11.9 Å². The molecule has 1 atom stereocenters. The summed E-state index contributed by atoms with van der Waals surface area (Å²) in [7, 11) is 1.72. The van der Waals surface area contributed by atoms with Crippen LogP contribution in [0.2, 0.25) is 0 Å². The summed E-state index contributed by atoms with van der Waals surface area (Å²) in [6.07, 6.45) is -0.461. The Kier molecular flexibility index (Phi) is 1.84. The third-order valence-electron chi connectivity index (χ3n) is 2.36. The number of anilines is 2. The molecule has 1 aliphatic heterocycles. The van der Waals surface area contributed by atoms with E-state index in [4.69, 9.17) is 10.5 Å². The van der Waals surface area contributed by atoms with Gasteiger partial charge in [-0.3, -0.25) is 4.79 Å². The molecule has 0 fully saturated rings. The molecule has 0 bridgehead atoms. The maximum Gasteiger partial charge on any atom is 0.267 e. The number of carbonyl (C=O) groups is 1. The lowest BCUT2D eigenvalue weighted by Gasteiger charge is -2.30. The van der Waals surface area contributed by atoms with E-state index in [9.17, 15) is 4.79 Å². The fourth-order valence-electron chi connectivity index (χ4n) is 1.55. The number of hydrogen-bond acceptors (Lipinski definition) is 3. The van der Waals surface area contributed by atoms with Crippen LogP contribution in [0.15, 0.2) is 18.2 Å². The second kappa shape index (κ2) is 2.90. The lowest BCUT2D eigenvalue weighted by Crippen LogP contribution is -2.42. The molecule has 0 radical (unpaired) electrons. The maximum atomic E-state index is 11.6. The minimum atomic E-state index is -0.461. The van der Waals surface area contributed by atoms with Gasteiger partial charge in [0, 0.05) is 7.05 Å². The van der Waals surface area contributed by atoms with Crippen LogP contribution in [0.5, 0.6) is 5.75 Å². The standard InChI is InChI=1S/C10H12N2O2/c1-6-10(13)12(2)8-5-3-4-7(11)9(8)14-6/h3-6H,11H2,1-2H3. The van der Waals surface area contributed by atoms with Crippen molar-refractivity contribution in [1.29, 1.82) is 0 Å². The second-order valence-corrected chi connectivity index (χ2v) is 3.35. The van der Waals surface area contributed by atoms with Crippen molar-refractivity contribution >= 4 is 17.3 Å². The highest BCUT2D eigenvalue weighted by Gasteiger charge is 2.29. The molecule has 4 nitrogen and oxygen atoms in total. The number of rotatable bonds is 0. The van der Waals surface area contributed by atoms with E-state index in [1.165, 1.54) is 0 Å². The first kappa shape index (κ1) is 8.87. The summed E-state index contributed by atoms with van der Waals surface area (Å²) in [5.74, 6) is 0.546. The van der Waals surface area contributed by atoms with Crippen LogP contribution in [-0.4, -0.2) is 19.1 Å². The smallest absolute Gasteiger partial charge is 0.267 e. The van der Waals surface area contributed by atoms with E-state index < -0.39 is 6.10 Å². The normalized spacial score (nSPS) is 20.3. The molecule has 14 heavy (non-hydrogen) atoms. The number of nitrogens with two attached hydrogens (primary N) is 1. The number of fused-ring (bicyclic) bond motifs is 1. The molecule has 1 aliphatic rings. The van der Waals surface area contributed by atoms with Crippen LogP contribution < -0.4 is 15.4 Å². The average molecular weight is 192 g/mol. The van der Waals surface area contributed by atoms with Crippen molar-refractivity contribution in [2.45, 2.75) is 13.0 Å². The van der Waals surface area contributed by atoms with Crippen molar-refractivity contribution in [2.24, 2.45) is 0 Å². The molecule has 2 N–H and O–H groups in total. The zero-order chi connectivity index (χ0) is 10.3. The largest absolute Gasteiger partial charge is 0.477 e. The van der Waals surface area contributed by atoms with Gasteiger partial charge >= 0.3 is 0 Å². The van der Waals surface area contributed by atoms with E-state index in [0.29, 0.717) is 11.4 Å². The van der Waals surface area contributed by atoms with E-state index in [2.05, 4.69) is 0 Å². The molecule has 4 heteroatoms. The zero-order valence-electron chi connectivity index (χ0n) is 8.15. The first-order valence-corrected chi connectivity index (χ1v) is 4.44. The highest BCUT2D eigenvalue weighted by molar-refractivity contribution is 6.00.